The van der Waals surface area contributed by atoms with Gasteiger partial charge in [0.2, 0.25) is 17.8 Å². The lowest BCUT2D eigenvalue weighted by Gasteiger charge is -2.30. The number of ether oxygens (including phenoxy) is 2. The Morgan fingerprint density at radius 2 is 1.29 bits per heavy atom. The van der Waals surface area contributed by atoms with Crippen molar-refractivity contribution >= 4 is 23.5 Å². The third-order valence-corrected chi connectivity index (χ3v) is 5.03. The van der Waals surface area contributed by atoms with Crippen LogP contribution in [0.5, 0.6) is 0 Å². The molecule has 0 atom stereocenters. The molecule has 28 heavy (non-hydrogen) atoms. The molecule has 0 amide bonds. The first-order valence-electron chi connectivity index (χ1n) is 9.97. The predicted octanol–water partition coefficient (Wildman–Crippen LogP) is 2.41. The molecule has 8 nitrogen and oxygen atoms in total. The second-order valence-electron chi connectivity index (χ2n) is 7.36. The lowest BCUT2D eigenvalue weighted by molar-refractivity contribution is 0.121. The van der Waals surface area contributed by atoms with Gasteiger partial charge >= 0.3 is 0 Å². The highest BCUT2D eigenvalue weighted by atomic mass is 16.5. The van der Waals surface area contributed by atoms with Gasteiger partial charge in [0.05, 0.1) is 26.4 Å². The van der Waals surface area contributed by atoms with E-state index in [1.807, 2.05) is 0 Å². The molecule has 4 rings (SSSR count). The van der Waals surface area contributed by atoms with Crippen molar-refractivity contribution < 1.29 is 9.47 Å². The summed E-state index contributed by atoms with van der Waals surface area (Å²) in [6, 6.07) is 8.42. The van der Waals surface area contributed by atoms with Crippen LogP contribution in [0.1, 0.15) is 25.3 Å². The fourth-order valence-corrected chi connectivity index (χ4v) is 3.30. The van der Waals surface area contributed by atoms with Gasteiger partial charge in [-0.1, -0.05) is 26.0 Å². The van der Waals surface area contributed by atoms with E-state index in [1.165, 1.54) is 5.56 Å². The molecule has 2 aliphatic rings. The smallest absolute Gasteiger partial charge is 0.233 e. The molecule has 0 spiro atoms. The first-order chi connectivity index (χ1) is 13.7. The van der Waals surface area contributed by atoms with Crippen molar-refractivity contribution in [2.24, 2.45) is 0 Å². The molecule has 2 saturated heterocycles. The van der Waals surface area contributed by atoms with Crippen LogP contribution in [0.3, 0.4) is 0 Å². The van der Waals surface area contributed by atoms with Crippen LogP contribution >= 0.6 is 0 Å². The minimum atomic E-state index is 0.507. The van der Waals surface area contributed by atoms with Crippen molar-refractivity contribution in [3.63, 3.8) is 0 Å². The molecule has 0 bridgehead atoms. The summed E-state index contributed by atoms with van der Waals surface area (Å²) in [5, 5.41) is 3.35. The van der Waals surface area contributed by atoms with E-state index in [2.05, 4.69) is 63.2 Å². The molecule has 1 aromatic carbocycles. The molecule has 150 valence electrons. The van der Waals surface area contributed by atoms with Crippen molar-refractivity contribution in [3.05, 3.63) is 29.8 Å². The van der Waals surface area contributed by atoms with Crippen LogP contribution in [-0.4, -0.2) is 67.6 Å². The summed E-state index contributed by atoms with van der Waals surface area (Å²) in [5.41, 5.74) is 2.28. The Morgan fingerprint density at radius 1 is 0.786 bits per heavy atom. The van der Waals surface area contributed by atoms with Crippen LogP contribution < -0.4 is 15.1 Å². The van der Waals surface area contributed by atoms with E-state index in [9.17, 15) is 0 Å². The Kier molecular flexibility index (Phi) is 5.87. The van der Waals surface area contributed by atoms with Crippen molar-refractivity contribution in [1.29, 1.82) is 0 Å². The molecule has 1 aromatic heterocycles. The molecule has 1 N–H and O–H groups in total. The maximum Gasteiger partial charge on any atom is 0.233 e. The molecule has 8 heteroatoms. The Balaban J connectivity index is 1.60. The minimum Gasteiger partial charge on any atom is -0.378 e. The van der Waals surface area contributed by atoms with Gasteiger partial charge < -0.3 is 24.6 Å². The van der Waals surface area contributed by atoms with Crippen LogP contribution in [0.15, 0.2) is 24.3 Å². The van der Waals surface area contributed by atoms with E-state index < -0.39 is 0 Å². The predicted molar refractivity (Wildman–Crippen MR) is 110 cm³/mol. The summed E-state index contributed by atoms with van der Waals surface area (Å²) < 4.78 is 10.9. The second kappa shape index (κ2) is 8.70. The highest BCUT2D eigenvalue weighted by molar-refractivity contribution is 5.57. The molecule has 0 radical (unpaired) electrons. The summed E-state index contributed by atoms with van der Waals surface area (Å²) in [6.45, 7) is 10.3. The van der Waals surface area contributed by atoms with Gasteiger partial charge in [0, 0.05) is 31.9 Å². The van der Waals surface area contributed by atoms with Gasteiger partial charge in [-0.15, -0.1) is 0 Å². The van der Waals surface area contributed by atoms with Gasteiger partial charge in [-0.05, 0) is 23.6 Å². The number of morpholine rings is 2. The van der Waals surface area contributed by atoms with Crippen LogP contribution in [-0.2, 0) is 9.47 Å². The van der Waals surface area contributed by atoms with Gasteiger partial charge in [-0.2, -0.15) is 15.0 Å². The van der Waals surface area contributed by atoms with E-state index in [0.29, 0.717) is 50.2 Å². The van der Waals surface area contributed by atoms with Crippen molar-refractivity contribution in [2.45, 2.75) is 19.8 Å². The molecular formula is C20H28N6O2. The lowest BCUT2D eigenvalue weighted by Crippen LogP contribution is -2.40. The van der Waals surface area contributed by atoms with Crippen LogP contribution in [0.2, 0.25) is 0 Å². The zero-order valence-electron chi connectivity index (χ0n) is 16.6. The van der Waals surface area contributed by atoms with E-state index in [4.69, 9.17) is 14.5 Å². The van der Waals surface area contributed by atoms with Crippen LogP contribution in [0.4, 0.5) is 23.5 Å². The number of benzene rings is 1. The van der Waals surface area contributed by atoms with Gasteiger partial charge in [0.25, 0.3) is 0 Å². The normalized spacial score (nSPS) is 17.8. The molecule has 2 fully saturated rings. The molecule has 0 unspecified atom stereocenters. The van der Waals surface area contributed by atoms with Gasteiger partial charge in [0.1, 0.15) is 0 Å². The third-order valence-electron chi connectivity index (χ3n) is 5.03. The first-order valence-corrected chi connectivity index (χ1v) is 9.97. The number of hydrogen-bond donors (Lipinski definition) is 1. The number of aromatic nitrogens is 3. The summed E-state index contributed by atoms with van der Waals surface area (Å²) >= 11 is 0. The molecule has 0 saturated carbocycles. The van der Waals surface area contributed by atoms with Gasteiger partial charge in [0.15, 0.2) is 0 Å². The SMILES string of the molecule is CC(C)c1ccc(Nc2nc(N3CCOCC3)nc(N3CCOCC3)n2)cc1. The third kappa shape index (κ3) is 4.51. The molecule has 0 aliphatic carbocycles. The fraction of sp³-hybridized carbons (Fsp3) is 0.550. The monoisotopic (exact) mass is 384 g/mol. The Labute approximate surface area is 165 Å². The van der Waals surface area contributed by atoms with E-state index in [1.54, 1.807) is 0 Å². The van der Waals surface area contributed by atoms with Crippen molar-refractivity contribution in [3.8, 4) is 0 Å². The number of nitrogens with one attached hydrogen (secondary N) is 1. The summed E-state index contributed by atoms with van der Waals surface area (Å²) in [6.07, 6.45) is 0. The molecule has 3 heterocycles. The highest BCUT2D eigenvalue weighted by Gasteiger charge is 2.20. The summed E-state index contributed by atoms with van der Waals surface area (Å²) in [4.78, 5) is 18.4. The minimum absolute atomic E-state index is 0.507. The number of rotatable bonds is 5. The average molecular weight is 384 g/mol. The topological polar surface area (TPSA) is 75.6 Å². The largest absolute Gasteiger partial charge is 0.378 e. The van der Waals surface area contributed by atoms with E-state index in [-0.39, 0.29) is 0 Å². The Morgan fingerprint density at radius 3 is 1.75 bits per heavy atom. The maximum absolute atomic E-state index is 5.47. The fourth-order valence-electron chi connectivity index (χ4n) is 3.30. The quantitative estimate of drug-likeness (QED) is 0.842. The zero-order chi connectivity index (χ0) is 19.3. The van der Waals surface area contributed by atoms with Crippen LogP contribution in [0, 0.1) is 0 Å². The van der Waals surface area contributed by atoms with Crippen molar-refractivity contribution in [2.75, 3.05) is 67.7 Å². The zero-order valence-corrected chi connectivity index (χ0v) is 16.6. The maximum atomic E-state index is 5.47. The van der Waals surface area contributed by atoms with E-state index in [0.717, 1.165) is 31.9 Å². The molecule has 2 aliphatic heterocycles. The van der Waals surface area contributed by atoms with E-state index >= 15 is 0 Å². The highest BCUT2D eigenvalue weighted by Crippen LogP contribution is 2.23. The number of anilines is 4. The molecule has 2 aromatic rings. The first kappa shape index (κ1) is 18.9. The summed E-state index contributed by atoms with van der Waals surface area (Å²) in [5.74, 6) is 2.46. The number of nitrogens with zero attached hydrogens (tertiary/aromatic N) is 5. The standard InChI is InChI=1S/C20H28N6O2/c1-15(2)16-3-5-17(6-4-16)21-18-22-19(25-7-11-27-12-8-25)24-20(23-18)26-9-13-28-14-10-26/h3-6,15H,7-14H2,1-2H3,(H,21,22,23,24). The van der Waals surface area contributed by atoms with Crippen LogP contribution in [0.25, 0.3) is 0 Å². The van der Waals surface area contributed by atoms with Gasteiger partial charge in [-0.25, -0.2) is 0 Å². The van der Waals surface area contributed by atoms with Crippen molar-refractivity contribution in [1.82, 2.24) is 15.0 Å². The Bertz CT molecular complexity index is 735. The van der Waals surface area contributed by atoms with Gasteiger partial charge in [-0.3, -0.25) is 0 Å². The summed E-state index contributed by atoms with van der Waals surface area (Å²) in [7, 11) is 0. The average Bonchev–Trinajstić information content (AvgIpc) is 2.75. The second-order valence-corrected chi connectivity index (χ2v) is 7.36. The Hall–Kier alpha value is -2.45. The lowest BCUT2D eigenvalue weighted by atomic mass is 10.0. The molecular weight excluding hydrogens is 356 g/mol. The number of hydrogen-bond acceptors (Lipinski definition) is 8.